The third kappa shape index (κ3) is 3.94. The van der Waals surface area contributed by atoms with Crippen molar-refractivity contribution in [3.63, 3.8) is 0 Å². The van der Waals surface area contributed by atoms with Gasteiger partial charge in [0, 0.05) is 11.8 Å². The van der Waals surface area contributed by atoms with Crippen LogP contribution in [-0.2, 0) is 0 Å². The maximum Gasteiger partial charge on any atom is 0.303 e. The van der Waals surface area contributed by atoms with E-state index in [9.17, 15) is 4.79 Å². The number of anilines is 2. The van der Waals surface area contributed by atoms with Crippen molar-refractivity contribution in [3.8, 4) is 11.1 Å². The van der Waals surface area contributed by atoms with Gasteiger partial charge in [-0.1, -0.05) is 24.2 Å². The van der Waals surface area contributed by atoms with Gasteiger partial charge in [0.2, 0.25) is 0 Å². The molecule has 0 unspecified atom stereocenters. The summed E-state index contributed by atoms with van der Waals surface area (Å²) >= 11 is 6.25. The Hall–Kier alpha value is -3.35. The van der Waals surface area contributed by atoms with Crippen molar-refractivity contribution in [2.45, 2.75) is 18.9 Å². The second-order valence-electron chi connectivity index (χ2n) is 6.66. The summed E-state index contributed by atoms with van der Waals surface area (Å²) in [5.41, 5.74) is 7.27. The molecule has 1 amide bonds. The van der Waals surface area contributed by atoms with Crippen LogP contribution in [0.25, 0.3) is 16.0 Å². The number of nitrogen functional groups attached to an aromatic ring is 1. The minimum atomic E-state index is -0.500. The number of oxazole rings is 1. The number of carbonyl (C=O) groups is 1. The van der Waals surface area contributed by atoms with Crippen molar-refractivity contribution < 1.29 is 9.21 Å². The molecular formula is C19H18ClN7O2. The molecule has 148 valence electrons. The second-order valence-corrected chi connectivity index (χ2v) is 7.07. The van der Waals surface area contributed by atoms with E-state index in [0.717, 1.165) is 31.5 Å². The van der Waals surface area contributed by atoms with Crippen molar-refractivity contribution >= 4 is 35.0 Å². The molecule has 4 rings (SSSR count). The molecule has 0 aliphatic carbocycles. The fourth-order valence-corrected chi connectivity index (χ4v) is 3.46. The molecular weight excluding hydrogens is 394 g/mol. The van der Waals surface area contributed by atoms with Gasteiger partial charge >= 0.3 is 5.82 Å². The number of hydrogen-bond donors (Lipinski definition) is 3. The van der Waals surface area contributed by atoms with Crippen LogP contribution in [0.5, 0.6) is 0 Å². The Bertz CT molecular complexity index is 1090. The molecule has 3 heterocycles. The van der Waals surface area contributed by atoms with Crippen molar-refractivity contribution in [1.29, 1.82) is 0 Å². The maximum absolute atomic E-state index is 12.3. The van der Waals surface area contributed by atoms with Crippen LogP contribution in [0.4, 0.5) is 17.5 Å². The average molecular weight is 412 g/mol. The number of amides is 1. The Balaban J connectivity index is 1.64. The largest absolute Gasteiger partial charge is 0.431 e. The highest BCUT2D eigenvalue weighted by Crippen LogP contribution is 2.35. The zero-order valence-corrected chi connectivity index (χ0v) is 16.1. The van der Waals surface area contributed by atoms with Gasteiger partial charge in [-0.15, -0.1) is 0 Å². The van der Waals surface area contributed by atoms with Gasteiger partial charge in [0.1, 0.15) is 6.26 Å². The summed E-state index contributed by atoms with van der Waals surface area (Å²) in [5.74, 6) is -0.187. The van der Waals surface area contributed by atoms with E-state index < -0.39 is 5.91 Å². The number of hydrogen-bond acceptors (Lipinski definition) is 6. The quantitative estimate of drug-likeness (QED) is 0.566. The molecule has 1 saturated heterocycles. The number of halogens is 1. The van der Waals surface area contributed by atoms with Gasteiger partial charge in [-0.2, -0.15) is 9.67 Å². The van der Waals surface area contributed by atoms with Gasteiger partial charge in [-0.05, 0) is 48.7 Å². The standard InChI is InChI=1S/C19H18ClN7O2/c1-22-17-13(9-27(26-17)12-4-6-23-7-5-12)11-2-3-14(20)15(8-11)24-18(28)16-10-29-19(21)25-16/h2-3,8-10,12,23H,4-7H2,(H2,21,25)(H,24,28). The van der Waals surface area contributed by atoms with E-state index in [1.54, 1.807) is 18.2 Å². The first-order valence-corrected chi connectivity index (χ1v) is 9.42. The van der Waals surface area contributed by atoms with E-state index in [0.29, 0.717) is 22.1 Å². The smallest absolute Gasteiger partial charge is 0.303 e. The highest BCUT2D eigenvalue weighted by molar-refractivity contribution is 6.34. The summed E-state index contributed by atoms with van der Waals surface area (Å²) < 4.78 is 6.73. The minimum absolute atomic E-state index is 0.0459. The number of nitrogens with one attached hydrogen (secondary N) is 2. The Morgan fingerprint density at radius 3 is 2.90 bits per heavy atom. The molecule has 9 nitrogen and oxygen atoms in total. The molecule has 29 heavy (non-hydrogen) atoms. The molecule has 0 atom stereocenters. The second kappa shape index (κ2) is 7.95. The molecule has 1 fully saturated rings. The normalized spacial score (nSPS) is 14.5. The Morgan fingerprint density at radius 2 is 2.21 bits per heavy atom. The summed E-state index contributed by atoms with van der Waals surface area (Å²) in [4.78, 5) is 19.7. The van der Waals surface area contributed by atoms with E-state index in [-0.39, 0.29) is 17.8 Å². The Labute approximate surface area is 171 Å². The van der Waals surface area contributed by atoms with Gasteiger partial charge in [0.15, 0.2) is 5.69 Å². The third-order valence-electron chi connectivity index (χ3n) is 4.78. The van der Waals surface area contributed by atoms with Crippen LogP contribution in [0, 0.1) is 6.57 Å². The molecule has 0 bridgehead atoms. The van der Waals surface area contributed by atoms with Crippen LogP contribution in [0.3, 0.4) is 0 Å². The van der Waals surface area contributed by atoms with Crippen molar-refractivity contribution in [1.82, 2.24) is 20.1 Å². The first kappa shape index (κ1) is 19.0. The predicted molar refractivity (Wildman–Crippen MR) is 109 cm³/mol. The van der Waals surface area contributed by atoms with Gasteiger partial charge in [0.25, 0.3) is 11.9 Å². The molecule has 0 saturated carbocycles. The van der Waals surface area contributed by atoms with Gasteiger partial charge in [0.05, 0.1) is 16.8 Å². The van der Waals surface area contributed by atoms with Gasteiger partial charge in [-0.25, -0.2) is 0 Å². The molecule has 4 N–H and O–H groups in total. The Morgan fingerprint density at radius 1 is 1.41 bits per heavy atom. The number of nitrogens with two attached hydrogens (primary N) is 1. The van der Waals surface area contributed by atoms with E-state index >= 15 is 0 Å². The SMILES string of the molecule is [C-]#[N+]c1nn(C2CCNCC2)cc1-c1ccc(Cl)c(NC(=O)c2coc(N)n2)c1. The lowest BCUT2D eigenvalue weighted by Gasteiger charge is -2.20. The topological polar surface area (TPSA) is 115 Å². The molecule has 0 radical (unpaired) electrons. The number of aromatic nitrogens is 3. The average Bonchev–Trinajstić information content (AvgIpc) is 3.37. The third-order valence-corrected chi connectivity index (χ3v) is 5.11. The number of piperidine rings is 1. The van der Waals surface area contributed by atoms with E-state index in [4.69, 9.17) is 28.3 Å². The van der Waals surface area contributed by atoms with Crippen LogP contribution in [0.2, 0.25) is 5.02 Å². The van der Waals surface area contributed by atoms with Crippen LogP contribution >= 0.6 is 11.6 Å². The molecule has 0 spiro atoms. The fourth-order valence-electron chi connectivity index (χ4n) is 3.29. The summed E-state index contributed by atoms with van der Waals surface area (Å²) in [7, 11) is 0. The van der Waals surface area contributed by atoms with Crippen LogP contribution in [-0.4, -0.2) is 33.8 Å². The number of rotatable bonds is 4. The first-order chi connectivity index (χ1) is 14.0. The summed E-state index contributed by atoms with van der Waals surface area (Å²) in [5, 5.41) is 10.8. The summed E-state index contributed by atoms with van der Waals surface area (Å²) in [6.07, 6.45) is 4.97. The first-order valence-electron chi connectivity index (χ1n) is 9.05. The summed E-state index contributed by atoms with van der Waals surface area (Å²) in [6, 6.07) is 5.34. The van der Waals surface area contributed by atoms with Crippen molar-refractivity contribution in [2.24, 2.45) is 0 Å². The molecule has 1 aliphatic heterocycles. The van der Waals surface area contributed by atoms with Crippen LogP contribution in [0.1, 0.15) is 29.4 Å². The van der Waals surface area contributed by atoms with Gasteiger partial charge < -0.3 is 25.6 Å². The highest BCUT2D eigenvalue weighted by atomic mass is 35.5. The molecule has 2 aromatic heterocycles. The van der Waals surface area contributed by atoms with Crippen molar-refractivity contribution in [2.75, 3.05) is 24.1 Å². The molecule has 1 aliphatic rings. The highest BCUT2D eigenvalue weighted by Gasteiger charge is 2.22. The number of nitrogens with zero attached hydrogens (tertiary/aromatic N) is 4. The minimum Gasteiger partial charge on any atom is -0.431 e. The zero-order valence-electron chi connectivity index (χ0n) is 15.4. The van der Waals surface area contributed by atoms with Crippen LogP contribution < -0.4 is 16.4 Å². The lowest BCUT2D eigenvalue weighted by molar-refractivity contribution is 0.102. The van der Waals surface area contributed by atoms with Crippen LogP contribution in [0.15, 0.2) is 35.1 Å². The lowest BCUT2D eigenvalue weighted by Crippen LogP contribution is -2.29. The monoisotopic (exact) mass is 411 g/mol. The fraction of sp³-hybridized carbons (Fsp3) is 0.263. The molecule has 10 heteroatoms. The Kier molecular flexibility index (Phi) is 5.20. The maximum atomic E-state index is 12.3. The number of benzene rings is 1. The molecule has 1 aromatic carbocycles. The van der Waals surface area contributed by atoms with Gasteiger partial charge in [-0.3, -0.25) is 4.79 Å². The summed E-state index contributed by atoms with van der Waals surface area (Å²) in [6.45, 7) is 9.35. The number of carbonyl (C=O) groups excluding carboxylic acids is 1. The zero-order chi connectivity index (χ0) is 20.4. The lowest BCUT2D eigenvalue weighted by atomic mass is 10.1. The molecule has 3 aromatic rings. The van der Waals surface area contributed by atoms with E-state index in [1.165, 1.54) is 6.26 Å². The van der Waals surface area contributed by atoms with E-state index in [2.05, 4.69) is 25.6 Å². The van der Waals surface area contributed by atoms with E-state index in [1.807, 2.05) is 10.9 Å². The predicted octanol–water partition coefficient (Wildman–Crippen LogP) is 3.50. The van der Waals surface area contributed by atoms with Crippen molar-refractivity contribution in [3.05, 3.63) is 52.8 Å².